The largest absolute Gasteiger partial charge is 0.388 e. The molecule has 8 heteroatoms. The lowest BCUT2D eigenvalue weighted by molar-refractivity contribution is -0.123. The third kappa shape index (κ3) is 2.20. The van der Waals surface area contributed by atoms with Crippen LogP contribution < -0.4 is 11.2 Å². The highest BCUT2D eigenvalue weighted by Gasteiger charge is 2.50. The number of fused-ring (bicyclic) bond motifs is 1. The first-order valence-corrected chi connectivity index (χ1v) is 6.43. The summed E-state index contributed by atoms with van der Waals surface area (Å²) in [6, 6.07) is 0. The molecule has 0 bridgehead atoms. The minimum absolute atomic E-state index is 0.115. The number of aliphatic hydroxyl groups excluding tert-OH is 2. The second-order valence-electron chi connectivity index (χ2n) is 5.22. The number of nitrogens with zero attached hydrogens (tertiary/aromatic N) is 1. The number of H-pyrrole nitrogens is 1. The van der Waals surface area contributed by atoms with Gasteiger partial charge >= 0.3 is 5.69 Å². The van der Waals surface area contributed by atoms with E-state index >= 15 is 0 Å². The Labute approximate surface area is 113 Å². The molecule has 1 aromatic rings. The molecule has 3 rings (SSSR count). The van der Waals surface area contributed by atoms with E-state index in [0.717, 1.165) is 0 Å². The minimum Gasteiger partial charge on any atom is -0.388 e. The SMILES string of the molecule is Cc1cn(C[C@@H]2O[C@@H]3CC(O)O[C@@H]3[C@@H]2O)c(=O)[nH]c1=O. The van der Waals surface area contributed by atoms with Crippen LogP contribution in [-0.4, -0.2) is 50.5 Å². The Kier molecular flexibility index (Phi) is 3.25. The van der Waals surface area contributed by atoms with Crippen molar-refractivity contribution in [3.05, 3.63) is 32.6 Å². The molecule has 0 aromatic carbocycles. The monoisotopic (exact) mass is 284 g/mol. The maximum Gasteiger partial charge on any atom is 0.328 e. The number of hydrogen-bond acceptors (Lipinski definition) is 6. The highest BCUT2D eigenvalue weighted by atomic mass is 16.7. The first-order valence-electron chi connectivity index (χ1n) is 6.43. The number of aromatic amines is 1. The summed E-state index contributed by atoms with van der Waals surface area (Å²) in [5, 5.41) is 19.4. The molecule has 3 heterocycles. The molecular formula is C12H16N2O6. The number of ether oxygens (including phenoxy) is 2. The summed E-state index contributed by atoms with van der Waals surface area (Å²) in [6.07, 6.45) is -1.66. The molecule has 0 aliphatic carbocycles. The molecule has 3 N–H and O–H groups in total. The molecule has 0 saturated carbocycles. The molecule has 0 amide bonds. The molecule has 0 radical (unpaired) electrons. The van der Waals surface area contributed by atoms with Crippen molar-refractivity contribution in [1.29, 1.82) is 0 Å². The van der Waals surface area contributed by atoms with E-state index in [1.165, 1.54) is 10.8 Å². The Morgan fingerprint density at radius 3 is 2.85 bits per heavy atom. The molecule has 1 unspecified atom stereocenters. The third-order valence-electron chi connectivity index (χ3n) is 3.75. The standard InChI is InChI=1S/C12H16N2O6/c1-5-3-14(12(18)13-11(5)17)4-7-9(16)10-6(19-7)2-8(15)20-10/h3,6-10,15-16H,2,4H2,1H3,(H,13,17,18)/t6-,7+,8?,9-,10+/m1/s1. The molecule has 2 fully saturated rings. The van der Waals surface area contributed by atoms with Gasteiger partial charge in [-0.25, -0.2) is 4.79 Å². The summed E-state index contributed by atoms with van der Waals surface area (Å²) < 4.78 is 12.1. The molecular weight excluding hydrogens is 268 g/mol. The van der Waals surface area contributed by atoms with Crippen LogP contribution in [-0.2, 0) is 16.0 Å². The van der Waals surface area contributed by atoms with Crippen LogP contribution in [0.3, 0.4) is 0 Å². The highest BCUT2D eigenvalue weighted by Crippen LogP contribution is 2.33. The maximum absolute atomic E-state index is 11.7. The molecule has 1 aromatic heterocycles. The van der Waals surface area contributed by atoms with Crippen molar-refractivity contribution in [2.75, 3.05) is 0 Å². The van der Waals surface area contributed by atoms with E-state index in [9.17, 15) is 19.8 Å². The number of aryl methyl sites for hydroxylation is 1. The van der Waals surface area contributed by atoms with Gasteiger partial charge in [-0.2, -0.15) is 0 Å². The first-order chi connectivity index (χ1) is 9.45. The van der Waals surface area contributed by atoms with Gasteiger partial charge in [0.25, 0.3) is 5.56 Å². The normalized spacial score (nSPS) is 36.2. The van der Waals surface area contributed by atoms with Gasteiger partial charge in [0.2, 0.25) is 0 Å². The average Bonchev–Trinajstić information content (AvgIpc) is 2.86. The van der Waals surface area contributed by atoms with Gasteiger partial charge < -0.3 is 19.7 Å². The van der Waals surface area contributed by atoms with Gasteiger partial charge in [-0.1, -0.05) is 0 Å². The fourth-order valence-corrected chi connectivity index (χ4v) is 2.71. The van der Waals surface area contributed by atoms with E-state index in [4.69, 9.17) is 9.47 Å². The molecule has 0 spiro atoms. The van der Waals surface area contributed by atoms with Gasteiger partial charge in [-0.3, -0.25) is 14.3 Å². The molecule has 2 aliphatic heterocycles. The lowest BCUT2D eigenvalue weighted by Gasteiger charge is -2.18. The second kappa shape index (κ2) is 4.81. The number of rotatable bonds is 2. The summed E-state index contributed by atoms with van der Waals surface area (Å²) in [5.41, 5.74) is -0.569. The Hall–Kier alpha value is -1.48. The van der Waals surface area contributed by atoms with Crippen LogP contribution in [0.25, 0.3) is 0 Å². The zero-order valence-electron chi connectivity index (χ0n) is 10.9. The Morgan fingerprint density at radius 2 is 2.15 bits per heavy atom. The summed E-state index contributed by atoms with van der Waals surface area (Å²) in [4.78, 5) is 25.2. The van der Waals surface area contributed by atoms with E-state index < -0.39 is 35.9 Å². The van der Waals surface area contributed by atoms with E-state index in [2.05, 4.69) is 4.98 Å². The topological polar surface area (TPSA) is 114 Å². The Balaban J connectivity index is 1.78. The third-order valence-corrected chi connectivity index (χ3v) is 3.75. The average molecular weight is 284 g/mol. The van der Waals surface area contributed by atoms with E-state index in [0.29, 0.717) is 12.0 Å². The van der Waals surface area contributed by atoms with Crippen LogP contribution in [0.5, 0.6) is 0 Å². The fourth-order valence-electron chi connectivity index (χ4n) is 2.71. The Bertz CT molecular complexity index is 623. The van der Waals surface area contributed by atoms with Gasteiger partial charge in [-0.15, -0.1) is 0 Å². The number of aromatic nitrogens is 2. The molecule has 20 heavy (non-hydrogen) atoms. The zero-order valence-corrected chi connectivity index (χ0v) is 10.9. The van der Waals surface area contributed by atoms with Crippen molar-refractivity contribution in [3.63, 3.8) is 0 Å². The Morgan fingerprint density at radius 1 is 1.40 bits per heavy atom. The molecule has 8 nitrogen and oxygen atoms in total. The van der Waals surface area contributed by atoms with Crippen molar-refractivity contribution in [2.45, 2.75) is 50.6 Å². The van der Waals surface area contributed by atoms with Crippen molar-refractivity contribution in [2.24, 2.45) is 0 Å². The summed E-state index contributed by atoms with van der Waals surface area (Å²) in [7, 11) is 0. The lowest BCUT2D eigenvalue weighted by Crippen LogP contribution is -2.39. The van der Waals surface area contributed by atoms with Crippen molar-refractivity contribution in [3.8, 4) is 0 Å². The highest BCUT2D eigenvalue weighted by molar-refractivity contribution is 5.02. The molecule has 2 saturated heterocycles. The number of aliphatic hydroxyl groups is 2. The molecule has 5 atom stereocenters. The van der Waals surface area contributed by atoms with Crippen molar-refractivity contribution >= 4 is 0 Å². The summed E-state index contributed by atoms with van der Waals surface area (Å²) in [6.45, 7) is 1.71. The second-order valence-corrected chi connectivity index (χ2v) is 5.22. The van der Waals surface area contributed by atoms with Crippen LogP contribution in [0.1, 0.15) is 12.0 Å². The maximum atomic E-state index is 11.7. The van der Waals surface area contributed by atoms with Gasteiger partial charge in [0.05, 0.1) is 12.6 Å². The quantitative estimate of drug-likeness (QED) is 0.583. The van der Waals surface area contributed by atoms with Gasteiger partial charge in [0.1, 0.15) is 18.3 Å². The van der Waals surface area contributed by atoms with Crippen LogP contribution in [0.4, 0.5) is 0 Å². The number of nitrogens with one attached hydrogen (secondary N) is 1. The van der Waals surface area contributed by atoms with Gasteiger partial charge in [0, 0.05) is 18.2 Å². The summed E-state index contributed by atoms with van der Waals surface area (Å²) in [5.74, 6) is 0. The zero-order chi connectivity index (χ0) is 14.4. The molecule has 2 aliphatic rings. The van der Waals surface area contributed by atoms with Crippen LogP contribution in [0.2, 0.25) is 0 Å². The number of hydrogen-bond donors (Lipinski definition) is 3. The van der Waals surface area contributed by atoms with Crippen LogP contribution in [0.15, 0.2) is 15.8 Å². The smallest absolute Gasteiger partial charge is 0.328 e. The van der Waals surface area contributed by atoms with E-state index in [1.54, 1.807) is 6.92 Å². The van der Waals surface area contributed by atoms with Crippen molar-refractivity contribution < 1.29 is 19.7 Å². The van der Waals surface area contributed by atoms with Gasteiger partial charge in [-0.05, 0) is 6.92 Å². The first kappa shape index (κ1) is 13.5. The van der Waals surface area contributed by atoms with Crippen LogP contribution >= 0.6 is 0 Å². The summed E-state index contributed by atoms with van der Waals surface area (Å²) >= 11 is 0. The van der Waals surface area contributed by atoms with E-state index in [1.807, 2.05) is 0 Å². The lowest BCUT2D eigenvalue weighted by atomic mass is 10.1. The van der Waals surface area contributed by atoms with Gasteiger partial charge in [0.15, 0.2) is 6.29 Å². The van der Waals surface area contributed by atoms with Crippen molar-refractivity contribution in [1.82, 2.24) is 9.55 Å². The minimum atomic E-state index is -0.920. The van der Waals surface area contributed by atoms with E-state index in [-0.39, 0.29) is 12.6 Å². The van der Waals surface area contributed by atoms with Crippen LogP contribution in [0, 0.1) is 6.92 Å². The predicted octanol–water partition coefficient (Wildman–Crippen LogP) is -1.92. The fraction of sp³-hybridized carbons (Fsp3) is 0.667. The predicted molar refractivity (Wildman–Crippen MR) is 66.2 cm³/mol. The molecule has 110 valence electrons.